The fraction of sp³-hybridized carbons (Fsp3) is 0.400. The van der Waals surface area contributed by atoms with Crippen LogP contribution in [0.2, 0.25) is 0 Å². The minimum atomic E-state index is -0.232. The molecule has 0 unspecified atom stereocenters. The molecular formula is C20H24N6O2S. The van der Waals surface area contributed by atoms with E-state index in [1.807, 2.05) is 0 Å². The Balaban J connectivity index is 1.48. The van der Waals surface area contributed by atoms with Crippen molar-refractivity contribution in [3.63, 3.8) is 0 Å². The molecule has 0 saturated carbocycles. The summed E-state index contributed by atoms with van der Waals surface area (Å²) < 4.78 is 3.33. The molecule has 4 heterocycles. The number of fused-ring (bicyclic) bond motifs is 1. The number of rotatable bonds is 5. The van der Waals surface area contributed by atoms with Crippen LogP contribution in [-0.4, -0.2) is 36.7 Å². The van der Waals surface area contributed by atoms with Crippen LogP contribution in [0, 0.1) is 6.92 Å². The second-order valence-electron chi connectivity index (χ2n) is 7.32. The van der Waals surface area contributed by atoms with Gasteiger partial charge in [-0.05, 0) is 25.5 Å². The smallest absolute Gasteiger partial charge is 0.254 e. The van der Waals surface area contributed by atoms with E-state index >= 15 is 0 Å². The standard InChI is InChI=1S/C20H24N6O2S/c1-14-4-5-17(29-14)12-25-6-3-7-26-18(13-25)23-16(8-19(26)27)10-21-20(28)15-9-22-24(2)11-15/h4-5,8-9,11H,3,6-7,10,12-13H2,1-2H3,(H,21,28). The van der Waals surface area contributed by atoms with Crippen molar-refractivity contribution in [2.75, 3.05) is 6.54 Å². The molecule has 0 fully saturated rings. The van der Waals surface area contributed by atoms with Crippen molar-refractivity contribution in [1.82, 2.24) is 29.5 Å². The van der Waals surface area contributed by atoms with Crippen LogP contribution in [0.1, 0.15) is 38.1 Å². The molecule has 3 aromatic rings. The normalized spacial score (nSPS) is 14.4. The van der Waals surface area contributed by atoms with Crippen molar-refractivity contribution in [1.29, 1.82) is 0 Å². The van der Waals surface area contributed by atoms with E-state index in [9.17, 15) is 9.59 Å². The van der Waals surface area contributed by atoms with Crippen LogP contribution < -0.4 is 10.9 Å². The van der Waals surface area contributed by atoms with Gasteiger partial charge in [0.25, 0.3) is 11.5 Å². The van der Waals surface area contributed by atoms with Crippen LogP contribution in [0.4, 0.5) is 0 Å². The fourth-order valence-electron chi connectivity index (χ4n) is 3.52. The molecule has 1 amide bonds. The SMILES string of the molecule is Cc1ccc(CN2CCCn3c(nc(CNC(=O)c4cnn(C)c4)cc3=O)C2)s1. The van der Waals surface area contributed by atoms with Gasteiger partial charge in [-0.1, -0.05) is 0 Å². The summed E-state index contributed by atoms with van der Waals surface area (Å²) in [6.07, 6.45) is 4.08. The maximum absolute atomic E-state index is 12.6. The molecular weight excluding hydrogens is 388 g/mol. The Morgan fingerprint density at radius 3 is 2.90 bits per heavy atom. The van der Waals surface area contributed by atoms with Gasteiger partial charge in [0.2, 0.25) is 0 Å². The lowest BCUT2D eigenvalue weighted by molar-refractivity contribution is 0.0950. The highest BCUT2D eigenvalue weighted by molar-refractivity contribution is 7.11. The monoisotopic (exact) mass is 412 g/mol. The quantitative estimate of drug-likeness (QED) is 0.689. The molecule has 0 bridgehead atoms. The van der Waals surface area contributed by atoms with Gasteiger partial charge in [-0.25, -0.2) is 4.98 Å². The number of carbonyl (C=O) groups excluding carboxylic acids is 1. The van der Waals surface area contributed by atoms with E-state index in [0.717, 1.165) is 25.3 Å². The Morgan fingerprint density at radius 1 is 1.31 bits per heavy atom. The summed E-state index contributed by atoms with van der Waals surface area (Å²) in [6, 6.07) is 5.82. The van der Waals surface area contributed by atoms with Crippen LogP contribution in [-0.2, 0) is 33.2 Å². The van der Waals surface area contributed by atoms with E-state index in [-0.39, 0.29) is 18.0 Å². The van der Waals surface area contributed by atoms with E-state index < -0.39 is 0 Å². The molecule has 4 rings (SSSR count). The van der Waals surface area contributed by atoms with Gasteiger partial charge in [0.05, 0.1) is 30.5 Å². The number of thiophene rings is 1. The highest BCUT2D eigenvalue weighted by Crippen LogP contribution is 2.19. The lowest BCUT2D eigenvalue weighted by Crippen LogP contribution is -2.29. The third-order valence-corrected chi connectivity index (χ3v) is 5.92. The molecule has 9 heteroatoms. The highest BCUT2D eigenvalue weighted by atomic mass is 32.1. The number of nitrogens with one attached hydrogen (secondary N) is 1. The number of aromatic nitrogens is 4. The second kappa shape index (κ2) is 8.30. The second-order valence-corrected chi connectivity index (χ2v) is 8.69. The van der Waals surface area contributed by atoms with Gasteiger partial charge in [-0.15, -0.1) is 11.3 Å². The number of carbonyl (C=O) groups is 1. The van der Waals surface area contributed by atoms with Gasteiger partial charge >= 0.3 is 0 Å². The first kappa shape index (κ1) is 19.5. The zero-order valence-electron chi connectivity index (χ0n) is 16.6. The molecule has 0 radical (unpaired) electrons. The maximum Gasteiger partial charge on any atom is 0.254 e. The summed E-state index contributed by atoms with van der Waals surface area (Å²) in [7, 11) is 1.76. The van der Waals surface area contributed by atoms with E-state index in [1.165, 1.54) is 22.0 Å². The van der Waals surface area contributed by atoms with Crippen LogP contribution in [0.25, 0.3) is 0 Å². The number of amides is 1. The predicted molar refractivity (Wildman–Crippen MR) is 111 cm³/mol. The van der Waals surface area contributed by atoms with Crippen molar-refractivity contribution in [3.8, 4) is 0 Å². The first-order chi connectivity index (χ1) is 14.0. The summed E-state index contributed by atoms with van der Waals surface area (Å²) in [5.41, 5.74) is 0.998. The Kier molecular flexibility index (Phi) is 5.59. The number of aryl methyl sites for hydroxylation is 2. The van der Waals surface area contributed by atoms with Crippen LogP contribution in [0.3, 0.4) is 0 Å². The Labute approximate surface area is 172 Å². The lowest BCUT2D eigenvalue weighted by atomic mass is 10.3. The molecule has 1 N–H and O–H groups in total. The van der Waals surface area contributed by atoms with Gasteiger partial charge in [0.15, 0.2) is 0 Å². The van der Waals surface area contributed by atoms with Crippen LogP contribution in [0.15, 0.2) is 35.4 Å². The van der Waals surface area contributed by atoms with Crippen LogP contribution >= 0.6 is 11.3 Å². The third kappa shape index (κ3) is 4.63. The Bertz CT molecular complexity index is 1080. The number of nitrogens with zero attached hydrogens (tertiary/aromatic N) is 5. The van der Waals surface area contributed by atoms with Crippen molar-refractivity contribution >= 4 is 17.2 Å². The predicted octanol–water partition coefficient (Wildman–Crippen LogP) is 1.68. The molecule has 0 spiro atoms. The van der Waals surface area contributed by atoms with Crippen molar-refractivity contribution in [3.05, 3.63) is 67.8 Å². The zero-order chi connectivity index (χ0) is 20.4. The molecule has 8 nitrogen and oxygen atoms in total. The van der Waals surface area contributed by atoms with E-state index in [1.54, 1.807) is 33.8 Å². The van der Waals surface area contributed by atoms with E-state index in [0.29, 0.717) is 24.3 Å². The molecule has 0 aliphatic carbocycles. The maximum atomic E-state index is 12.6. The highest BCUT2D eigenvalue weighted by Gasteiger charge is 2.18. The fourth-order valence-corrected chi connectivity index (χ4v) is 4.46. The summed E-state index contributed by atoms with van der Waals surface area (Å²) in [5.74, 6) is 0.526. The van der Waals surface area contributed by atoms with Crippen LogP contribution in [0.5, 0.6) is 0 Å². The lowest BCUT2D eigenvalue weighted by Gasteiger charge is -2.19. The Morgan fingerprint density at radius 2 is 2.17 bits per heavy atom. The Hall–Kier alpha value is -2.78. The summed E-state index contributed by atoms with van der Waals surface area (Å²) >= 11 is 1.80. The average molecular weight is 413 g/mol. The minimum absolute atomic E-state index is 0.0607. The number of hydrogen-bond acceptors (Lipinski definition) is 6. The van der Waals surface area contributed by atoms with Crippen molar-refractivity contribution in [2.45, 2.75) is 39.5 Å². The molecule has 29 heavy (non-hydrogen) atoms. The molecule has 152 valence electrons. The molecule has 3 aromatic heterocycles. The molecule has 1 aliphatic heterocycles. The van der Waals surface area contributed by atoms with E-state index in [2.05, 4.69) is 34.4 Å². The van der Waals surface area contributed by atoms with Crippen molar-refractivity contribution in [2.24, 2.45) is 7.05 Å². The average Bonchev–Trinajstić information content (AvgIpc) is 3.23. The first-order valence-corrected chi connectivity index (χ1v) is 10.4. The van der Waals surface area contributed by atoms with Gasteiger partial charge in [-0.2, -0.15) is 5.10 Å². The first-order valence-electron chi connectivity index (χ1n) is 9.62. The minimum Gasteiger partial charge on any atom is -0.346 e. The molecule has 1 aliphatic rings. The van der Waals surface area contributed by atoms with Crippen molar-refractivity contribution < 1.29 is 4.79 Å². The van der Waals surface area contributed by atoms with E-state index in [4.69, 9.17) is 4.98 Å². The third-order valence-electron chi connectivity index (χ3n) is 4.93. The zero-order valence-corrected chi connectivity index (χ0v) is 17.4. The largest absolute Gasteiger partial charge is 0.346 e. The molecule has 0 atom stereocenters. The number of hydrogen-bond donors (Lipinski definition) is 1. The topological polar surface area (TPSA) is 85.1 Å². The van der Waals surface area contributed by atoms with Gasteiger partial charge < -0.3 is 5.32 Å². The summed E-state index contributed by atoms with van der Waals surface area (Å²) in [4.78, 5) is 34.5. The molecule has 0 saturated heterocycles. The summed E-state index contributed by atoms with van der Waals surface area (Å²) in [5, 5.41) is 6.82. The van der Waals surface area contributed by atoms with Gasteiger partial charge in [0.1, 0.15) is 5.82 Å². The molecule has 0 aromatic carbocycles. The van der Waals surface area contributed by atoms with Gasteiger partial charge in [0, 0.05) is 48.7 Å². The van der Waals surface area contributed by atoms with Gasteiger partial charge in [-0.3, -0.25) is 23.7 Å². The summed E-state index contributed by atoms with van der Waals surface area (Å²) in [6.45, 7) is 5.39.